The average molecular weight is 333 g/mol. The first kappa shape index (κ1) is 15.7. The van der Waals surface area contributed by atoms with Crippen LogP contribution in [0.2, 0.25) is 0 Å². The Morgan fingerprint density at radius 2 is 2.17 bits per heavy atom. The number of methoxy groups -OCH3 is 2. The Hall–Kier alpha value is -2.15. The molecule has 0 bridgehead atoms. The van der Waals surface area contributed by atoms with Crippen molar-refractivity contribution in [1.29, 1.82) is 0 Å². The van der Waals surface area contributed by atoms with Gasteiger partial charge in [0.25, 0.3) is 0 Å². The molecule has 0 spiro atoms. The van der Waals surface area contributed by atoms with Gasteiger partial charge in [-0.2, -0.15) is 0 Å². The van der Waals surface area contributed by atoms with E-state index < -0.39 is 0 Å². The average Bonchev–Trinajstić information content (AvgIpc) is 3.14. The first-order valence-corrected chi connectivity index (χ1v) is 8.28. The fourth-order valence-electron chi connectivity index (χ4n) is 2.62. The summed E-state index contributed by atoms with van der Waals surface area (Å²) >= 11 is 1.60. The molecule has 23 heavy (non-hydrogen) atoms. The van der Waals surface area contributed by atoms with Crippen LogP contribution in [0.4, 0.5) is 0 Å². The van der Waals surface area contributed by atoms with Crippen molar-refractivity contribution in [3.8, 4) is 11.5 Å². The number of carbonyl (C=O) groups excluding carboxylic acids is 1. The maximum atomic E-state index is 12.3. The molecule has 1 aliphatic rings. The third kappa shape index (κ3) is 3.01. The summed E-state index contributed by atoms with van der Waals surface area (Å²) in [5.74, 6) is 2.91. The third-order valence-corrected chi connectivity index (χ3v) is 5.08. The summed E-state index contributed by atoms with van der Waals surface area (Å²) in [6.07, 6.45) is 3.65. The number of amides is 1. The van der Waals surface area contributed by atoms with Crippen LogP contribution >= 0.6 is 11.8 Å². The second-order valence-corrected chi connectivity index (χ2v) is 6.33. The number of hydrogen-bond donors (Lipinski definition) is 0. The van der Waals surface area contributed by atoms with Crippen LogP contribution in [0.1, 0.15) is 16.8 Å². The molecule has 122 valence electrons. The van der Waals surface area contributed by atoms with E-state index in [1.54, 1.807) is 32.2 Å². The molecule has 1 saturated heterocycles. The zero-order chi connectivity index (χ0) is 16.4. The lowest BCUT2D eigenvalue weighted by atomic mass is 10.1. The van der Waals surface area contributed by atoms with E-state index in [2.05, 4.69) is 4.98 Å². The Bertz CT molecular complexity index is 716. The molecule has 1 atom stereocenters. The first-order valence-electron chi connectivity index (χ1n) is 7.23. The van der Waals surface area contributed by atoms with Gasteiger partial charge >= 0.3 is 0 Å². The molecule has 2 heterocycles. The molecular formula is C16H19N3O3S. The maximum absolute atomic E-state index is 12.3. The number of rotatable bonds is 5. The van der Waals surface area contributed by atoms with Crippen molar-refractivity contribution in [2.24, 2.45) is 7.05 Å². The zero-order valence-corrected chi connectivity index (χ0v) is 14.2. The lowest BCUT2D eigenvalue weighted by Gasteiger charge is -2.24. The van der Waals surface area contributed by atoms with Gasteiger partial charge in [0.1, 0.15) is 22.7 Å². The highest BCUT2D eigenvalue weighted by atomic mass is 32.2. The van der Waals surface area contributed by atoms with E-state index in [1.165, 1.54) is 0 Å². The van der Waals surface area contributed by atoms with E-state index in [1.807, 2.05) is 40.9 Å². The molecule has 1 aromatic carbocycles. The van der Waals surface area contributed by atoms with Crippen LogP contribution in [0.25, 0.3) is 0 Å². The normalized spacial score (nSPS) is 17.6. The summed E-state index contributed by atoms with van der Waals surface area (Å²) in [7, 11) is 5.18. The van der Waals surface area contributed by atoms with E-state index in [9.17, 15) is 4.79 Å². The minimum Gasteiger partial charge on any atom is -0.497 e. The van der Waals surface area contributed by atoms with E-state index >= 15 is 0 Å². The summed E-state index contributed by atoms with van der Waals surface area (Å²) in [4.78, 5) is 18.6. The highest BCUT2D eigenvalue weighted by Gasteiger charge is 2.35. The van der Waals surface area contributed by atoms with Crippen LogP contribution in [0, 0.1) is 0 Å². The predicted molar refractivity (Wildman–Crippen MR) is 88.5 cm³/mol. The fourth-order valence-corrected chi connectivity index (χ4v) is 3.83. The Morgan fingerprint density at radius 3 is 2.83 bits per heavy atom. The second-order valence-electron chi connectivity index (χ2n) is 5.26. The van der Waals surface area contributed by atoms with Gasteiger partial charge in [-0.1, -0.05) is 0 Å². The van der Waals surface area contributed by atoms with Crippen molar-refractivity contribution in [2.75, 3.05) is 20.0 Å². The van der Waals surface area contributed by atoms with Crippen molar-refractivity contribution in [3.63, 3.8) is 0 Å². The predicted octanol–water partition coefficient (Wildman–Crippen LogP) is 2.21. The Kier molecular flexibility index (Phi) is 4.47. The summed E-state index contributed by atoms with van der Waals surface area (Å²) in [6.45, 7) is 0.483. The molecule has 0 radical (unpaired) electrons. The third-order valence-electron chi connectivity index (χ3n) is 3.88. The molecule has 2 aromatic rings. The molecule has 1 amide bonds. The highest BCUT2D eigenvalue weighted by Crippen LogP contribution is 2.39. The van der Waals surface area contributed by atoms with Gasteiger partial charge in [0.15, 0.2) is 0 Å². The smallest absolute Gasteiger partial charge is 0.234 e. The van der Waals surface area contributed by atoms with Gasteiger partial charge in [-0.05, 0) is 12.1 Å². The number of nitrogens with zero attached hydrogens (tertiary/aromatic N) is 3. The van der Waals surface area contributed by atoms with Crippen molar-refractivity contribution >= 4 is 17.7 Å². The topological polar surface area (TPSA) is 56.6 Å². The monoisotopic (exact) mass is 333 g/mol. The number of benzene rings is 1. The largest absolute Gasteiger partial charge is 0.497 e. The van der Waals surface area contributed by atoms with Crippen LogP contribution in [0.5, 0.6) is 11.5 Å². The number of carbonyl (C=O) groups is 1. The fraction of sp³-hybridized carbons (Fsp3) is 0.375. The van der Waals surface area contributed by atoms with Crippen molar-refractivity contribution in [3.05, 3.63) is 42.0 Å². The van der Waals surface area contributed by atoms with Crippen LogP contribution in [0.3, 0.4) is 0 Å². The van der Waals surface area contributed by atoms with E-state index in [0.717, 1.165) is 17.1 Å². The van der Waals surface area contributed by atoms with Crippen LogP contribution in [-0.2, 0) is 18.4 Å². The second kappa shape index (κ2) is 6.54. The van der Waals surface area contributed by atoms with Crippen molar-refractivity contribution in [2.45, 2.75) is 11.9 Å². The molecule has 6 nitrogen and oxygen atoms in total. The molecule has 0 aliphatic carbocycles. The molecule has 7 heteroatoms. The van der Waals surface area contributed by atoms with Gasteiger partial charge < -0.3 is 18.9 Å². The standard InChI is InChI=1S/C16H19N3O3S/c1-18-7-6-17-15(18)16-19(14(20)10-23-16)9-11-4-5-12(21-2)8-13(11)22-3/h4-8,16H,9-10H2,1-3H3. The van der Waals surface area contributed by atoms with Crippen LogP contribution in [-0.4, -0.2) is 40.3 Å². The Balaban J connectivity index is 1.88. The lowest BCUT2D eigenvalue weighted by Crippen LogP contribution is -2.29. The van der Waals surface area contributed by atoms with Crippen LogP contribution < -0.4 is 9.47 Å². The van der Waals surface area contributed by atoms with Gasteiger partial charge in [-0.25, -0.2) is 4.98 Å². The summed E-state index contributed by atoms with van der Waals surface area (Å²) in [6, 6.07) is 5.64. The highest BCUT2D eigenvalue weighted by molar-refractivity contribution is 8.00. The Labute approximate surface area is 139 Å². The number of thioether (sulfide) groups is 1. The molecule has 1 aromatic heterocycles. The maximum Gasteiger partial charge on any atom is 0.234 e. The lowest BCUT2D eigenvalue weighted by molar-refractivity contribution is -0.128. The molecule has 3 rings (SSSR count). The quantitative estimate of drug-likeness (QED) is 0.840. The zero-order valence-electron chi connectivity index (χ0n) is 13.4. The SMILES string of the molecule is COc1ccc(CN2C(=O)CSC2c2nccn2C)c(OC)c1. The van der Waals surface area contributed by atoms with Gasteiger partial charge in [0.2, 0.25) is 5.91 Å². The minimum absolute atomic E-state index is 0.0747. The molecule has 0 N–H and O–H groups in total. The number of aryl methyl sites for hydroxylation is 1. The van der Waals surface area contributed by atoms with Gasteiger partial charge in [-0.15, -0.1) is 11.8 Å². The van der Waals surface area contributed by atoms with Gasteiger partial charge in [0, 0.05) is 31.1 Å². The molecular weight excluding hydrogens is 314 g/mol. The van der Waals surface area contributed by atoms with Gasteiger partial charge in [-0.3, -0.25) is 4.79 Å². The van der Waals surface area contributed by atoms with Crippen LogP contribution in [0.15, 0.2) is 30.6 Å². The van der Waals surface area contributed by atoms with Crippen molar-refractivity contribution < 1.29 is 14.3 Å². The molecule has 0 saturated carbocycles. The van der Waals surface area contributed by atoms with E-state index in [0.29, 0.717) is 18.0 Å². The summed E-state index contributed by atoms with van der Waals surface area (Å²) in [5.41, 5.74) is 0.948. The van der Waals surface area contributed by atoms with Gasteiger partial charge in [0.05, 0.1) is 26.5 Å². The Morgan fingerprint density at radius 1 is 1.35 bits per heavy atom. The number of ether oxygens (including phenoxy) is 2. The first-order chi connectivity index (χ1) is 11.1. The number of aromatic nitrogens is 2. The molecule has 1 aliphatic heterocycles. The number of imidazole rings is 1. The van der Waals surface area contributed by atoms with E-state index in [-0.39, 0.29) is 11.3 Å². The van der Waals surface area contributed by atoms with E-state index in [4.69, 9.17) is 9.47 Å². The molecule has 1 fully saturated rings. The number of hydrogen-bond acceptors (Lipinski definition) is 5. The molecule has 1 unspecified atom stereocenters. The van der Waals surface area contributed by atoms with Crippen molar-refractivity contribution in [1.82, 2.24) is 14.5 Å². The minimum atomic E-state index is -0.0747. The summed E-state index contributed by atoms with van der Waals surface area (Å²) < 4.78 is 12.6. The summed E-state index contributed by atoms with van der Waals surface area (Å²) in [5, 5.41) is -0.0747.